The fourth-order valence-electron chi connectivity index (χ4n) is 5.47. The van der Waals surface area contributed by atoms with Crippen molar-refractivity contribution in [1.29, 1.82) is 0 Å². The Balaban J connectivity index is 1.43. The summed E-state index contributed by atoms with van der Waals surface area (Å²) in [6.07, 6.45) is 0. The summed E-state index contributed by atoms with van der Waals surface area (Å²) in [5.41, 5.74) is 0.0711. The van der Waals surface area contributed by atoms with Crippen LogP contribution in [-0.4, -0.2) is 15.0 Å². The topological polar surface area (TPSA) is 51.8 Å². The Hall–Kier alpha value is -6.39. The Morgan fingerprint density at radius 3 is 2.04 bits per heavy atom. The zero-order valence-electron chi connectivity index (χ0n) is 39.2. The molecule has 0 bridgehead atoms. The first-order valence-corrected chi connectivity index (χ1v) is 14.5. The van der Waals surface area contributed by atoms with Crippen LogP contribution >= 0.6 is 0 Å². The first kappa shape index (κ1) is 15.7. The lowest BCUT2D eigenvalue weighted by Gasteiger charge is -2.12. The van der Waals surface area contributed by atoms with Gasteiger partial charge < -0.3 is 4.42 Å². The van der Waals surface area contributed by atoms with Gasteiger partial charge in [0.15, 0.2) is 17.5 Å². The molecule has 4 nitrogen and oxygen atoms in total. The van der Waals surface area contributed by atoms with Gasteiger partial charge in [0.1, 0.15) is 11.2 Å². The number of fused-ring (bicyclic) bond motifs is 4. The predicted octanol–water partition coefficient (Wildman–Crippen LogP) is 11.3. The second kappa shape index (κ2) is 11.2. The number of nitrogens with zero attached hydrogens (tertiary/aromatic N) is 3. The quantitative estimate of drug-likeness (QED) is 0.193. The van der Waals surface area contributed by atoms with Crippen molar-refractivity contribution >= 4 is 32.7 Å². The molecule has 0 amide bonds. The summed E-state index contributed by atoms with van der Waals surface area (Å²) in [6.45, 7) is 0. The van der Waals surface area contributed by atoms with Gasteiger partial charge in [0, 0.05) is 27.5 Å². The molecule has 9 rings (SSSR count). The average Bonchev–Trinajstić information content (AvgIpc) is 3.65. The fraction of sp³-hybridized carbons (Fsp3) is 0. The van der Waals surface area contributed by atoms with E-state index in [0.717, 1.165) is 0 Å². The highest BCUT2D eigenvalue weighted by atomic mass is 16.3. The van der Waals surface area contributed by atoms with Gasteiger partial charge in [-0.05, 0) is 57.2 Å². The second-order valence-electron chi connectivity index (χ2n) is 10.4. The monoisotopic (exact) mass is 616 g/mol. The van der Waals surface area contributed by atoms with Crippen LogP contribution < -0.4 is 0 Å². The Bertz CT molecular complexity index is 3400. The van der Waals surface area contributed by atoms with Gasteiger partial charge in [-0.15, -0.1) is 0 Å². The fourth-order valence-corrected chi connectivity index (χ4v) is 5.47. The van der Waals surface area contributed by atoms with Gasteiger partial charge >= 0.3 is 0 Å². The van der Waals surface area contributed by atoms with Crippen LogP contribution in [0.4, 0.5) is 0 Å². The Morgan fingerprint density at radius 1 is 0.426 bits per heavy atom. The van der Waals surface area contributed by atoms with Crippen LogP contribution in [0, 0.1) is 0 Å². The van der Waals surface area contributed by atoms with Crippen molar-refractivity contribution in [3.05, 3.63) is 163 Å². The minimum atomic E-state index is -0.750. The molecule has 7 aromatic carbocycles. The van der Waals surface area contributed by atoms with Gasteiger partial charge in [-0.3, -0.25) is 0 Å². The average molecular weight is 617 g/mol. The number of hydrogen-bond donors (Lipinski definition) is 0. The summed E-state index contributed by atoms with van der Waals surface area (Å²) in [5.74, 6) is -1.75. The third-order valence-electron chi connectivity index (χ3n) is 7.60. The van der Waals surface area contributed by atoms with Gasteiger partial charge in [0.05, 0.1) is 20.6 Å². The molecule has 0 saturated heterocycles. The number of para-hydroxylation sites is 1. The number of furan rings is 1. The Morgan fingerprint density at radius 2 is 1.15 bits per heavy atom. The van der Waals surface area contributed by atoms with Gasteiger partial charge in [0.25, 0.3) is 0 Å². The molecule has 0 N–H and O–H groups in total. The SMILES string of the molecule is [2H]c1c([2H])c([2H])c(-c2nc(-c3c([2H])c([2H])c([2H])c(-c4cccc5oc6ccccc6c45)c3[2H])nc(-c3c([2H])c([2H])c([2H])c4c([2H])c(-c5ccccc5)c([2H])c([2H])c34)n2)c([2H])c1[2H]. The molecule has 220 valence electrons. The molecule has 0 spiro atoms. The number of aromatic nitrogens is 3. The third kappa shape index (κ3) is 4.84. The van der Waals surface area contributed by atoms with Crippen molar-refractivity contribution in [3.8, 4) is 56.4 Å². The van der Waals surface area contributed by atoms with Gasteiger partial charge in [-0.2, -0.15) is 0 Å². The zero-order chi connectivity index (χ0) is 44.2. The maximum Gasteiger partial charge on any atom is 0.164 e. The van der Waals surface area contributed by atoms with Crippen molar-refractivity contribution in [2.45, 2.75) is 0 Å². The summed E-state index contributed by atoms with van der Waals surface area (Å²) in [6, 6.07) is 10.9. The lowest BCUT2D eigenvalue weighted by atomic mass is 9.97. The van der Waals surface area contributed by atoms with E-state index in [-0.39, 0.29) is 21.9 Å². The molecule has 9 aromatic rings. The van der Waals surface area contributed by atoms with E-state index in [9.17, 15) is 4.11 Å². The number of hydrogen-bond acceptors (Lipinski definition) is 4. The van der Waals surface area contributed by atoms with E-state index < -0.39 is 125 Å². The summed E-state index contributed by atoms with van der Waals surface area (Å²) in [5, 5.41) is 0.537. The molecule has 0 fully saturated rings. The van der Waals surface area contributed by atoms with E-state index in [2.05, 4.69) is 15.0 Å². The Kier molecular flexibility index (Phi) is 3.75. The first-order chi connectivity index (χ1) is 29.5. The van der Waals surface area contributed by atoms with E-state index in [4.69, 9.17) is 20.9 Å². The van der Waals surface area contributed by atoms with Crippen molar-refractivity contribution in [2.75, 3.05) is 0 Å². The van der Waals surface area contributed by atoms with Crippen LogP contribution in [0.25, 0.3) is 89.1 Å². The van der Waals surface area contributed by atoms with Crippen LogP contribution in [0.15, 0.2) is 168 Å². The molecule has 0 aliphatic carbocycles. The van der Waals surface area contributed by atoms with Crippen molar-refractivity contribution in [2.24, 2.45) is 0 Å². The van der Waals surface area contributed by atoms with E-state index >= 15 is 0 Å². The first-order valence-electron chi connectivity index (χ1n) is 22.0. The molecule has 47 heavy (non-hydrogen) atoms. The number of benzene rings is 7. The lowest BCUT2D eigenvalue weighted by Crippen LogP contribution is -2.00. The summed E-state index contributed by atoms with van der Waals surface area (Å²) in [7, 11) is 0. The standard InChI is InChI=1S/C43H27N3O/c1-3-12-28(13-4-1)30-24-25-34-31(26-30)17-10-21-36(34)43-45-41(29-14-5-2-6-15-29)44-42(46-43)33-18-9-16-32(27-33)35-20-11-23-39-40(35)37-19-7-8-22-38(37)47-39/h1-27H/i2D,5D,6D,9D,10D,14D,15D,16D,17D,18D,21D,24D,25D,26D,27D. The highest BCUT2D eigenvalue weighted by molar-refractivity contribution is 6.12. The molecule has 0 aliphatic heterocycles. The van der Waals surface area contributed by atoms with Gasteiger partial charge in [-0.1, -0.05) is 139 Å². The molecule has 0 atom stereocenters. The van der Waals surface area contributed by atoms with E-state index in [1.165, 1.54) is 0 Å². The van der Waals surface area contributed by atoms with E-state index in [1.54, 1.807) is 72.8 Å². The summed E-state index contributed by atoms with van der Waals surface area (Å²) < 4.78 is 140. The molecule has 2 aromatic heterocycles. The minimum absolute atomic E-state index is 0.0139. The minimum Gasteiger partial charge on any atom is -0.456 e. The highest BCUT2D eigenvalue weighted by Gasteiger charge is 2.17. The van der Waals surface area contributed by atoms with E-state index in [1.807, 2.05) is 0 Å². The third-order valence-corrected chi connectivity index (χ3v) is 7.60. The van der Waals surface area contributed by atoms with Crippen molar-refractivity contribution in [3.63, 3.8) is 0 Å². The van der Waals surface area contributed by atoms with Crippen LogP contribution in [0.3, 0.4) is 0 Å². The molecule has 2 heterocycles. The molecule has 0 radical (unpaired) electrons. The molecule has 0 unspecified atom stereocenters. The van der Waals surface area contributed by atoms with Crippen LogP contribution in [0.2, 0.25) is 0 Å². The smallest absolute Gasteiger partial charge is 0.164 e. The van der Waals surface area contributed by atoms with Crippen LogP contribution in [0.5, 0.6) is 0 Å². The van der Waals surface area contributed by atoms with Crippen LogP contribution in [0.1, 0.15) is 20.6 Å². The van der Waals surface area contributed by atoms with E-state index in [0.29, 0.717) is 33.1 Å². The second-order valence-corrected chi connectivity index (χ2v) is 10.4. The largest absolute Gasteiger partial charge is 0.456 e. The number of rotatable bonds is 5. The maximum absolute atomic E-state index is 9.61. The predicted molar refractivity (Wildman–Crippen MR) is 192 cm³/mol. The maximum atomic E-state index is 9.61. The molecular formula is C43H27N3O. The Labute approximate surface area is 292 Å². The summed E-state index contributed by atoms with van der Waals surface area (Å²) in [4.78, 5) is 13.5. The molecule has 0 saturated carbocycles. The molecule has 0 aliphatic rings. The lowest BCUT2D eigenvalue weighted by molar-refractivity contribution is 0.669. The van der Waals surface area contributed by atoms with Gasteiger partial charge in [0.2, 0.25) is 0 Å². The van der Waals surface area contributed by atoms with Crippen molar-refractivity contribution in [1.82, 2.24) is 15.0 Å². The van der Waals surface area contributed by atoms with Crippen LogP contribution in [-0.2, 0) is 0 Å². The molecular weight excluding hydrogens is 574 g/mol. The highest BCUT2D eigenvalue weighted by Crippen LogP contribution is 2.38. The zero-order valence-corrected chi connectivity index (χ0v) is 24.2. The molecule has 4 heteroatoms. The van der Waals surface area contributed by atoms with Gasteiger partial charge in [-0.25, -0.2) is 15.0 Å². The normalized spacial score (nSPS) is 15.9. The summed E-state index contributed by atoms with van der Waals surface area (Å²) >= 11 is 0. The van der Waals surface area contributed by atoms with Crippen molar-refractivity contribution < 1.29 is 25.0 Å².